The Labute approximate surface area is 97.5 Å². The summed E-state index contributed by atoms with van der Waals surface area (Å²) in [6, 6.07) is 4.92. The fourth-order valence-electron chi connectivity index (χ4n) is 2.11. The van der Waals surface area contributed by atoms with Crippen LogP contribution in [0.5, 0.6) is 0 Å². The predicted octanol–water partition coefficient (Wildman–Crippen LogP) is 3.03. The summed E-state index contributed by atoms with van der Waals surface area (Å²) in [5, 5.41) is 12.5. The Morgan fingerprint density at radius 1 is 1.24 bits per heavy atom. The van der Waals surface area contributed by atoms with Crippen LogP contribution < -0.4 is 5.32 Å². The summed E-state index contributed by atoms with van der Waals surface area (Å²) in [7, 11) is 0. The molecule has 0 heterocycles. The van der Waals surface area contributed by atoms with E-state index in [4.69, 9.17) is 0 Å². The lowest BCUT2D eigenvalue weighted by atomic mass is 10.1. The van der Waals surface area contributed by atoms with Crippen molar-refractivity contribution in [1.29, 1.82) is 0 Å². The predicted molar refractivity (Wildman–Crippen MR) is 58.7 cm³/mol. The Morgan fingerprint density at radius 3 is 2.59 bits per heavy atom. The molecule has 0 saturated heterocycles. The molecule has 1 fully saturated rings. The van der Waals surface area contributed by atoms with Gasteiger partial charge >= 0.3 is 6.18 Å². The quantitative estimate of drug-likeness (QED) is 0.839. The number of benzene rings is 1. The van der Waals surface area contributed by atoms with Crippen LogP contribution in [-0.2, 0) is 6.18 Å². The van der Waals surface area contributed by atoms with Crippen LogP contribution in [0.1, 0.15) is 24.8 Å². The van der Waals surface area contributed by atoms with Gasteiger partial charge in [0.15, 0.2) is 0 Å². The smallest absolute Gasteiger partial charge is 0.391 e. The van der Waals surface area contributed by atoms with E-state index >= 15 is 0 Å². The maximum atomic E-state index is 12.5. The summed E-state index contributed by atoms with van der Waals surface area (Å²) in [4.78, 5) is 0. The van der Waals surface area contributed by atoms with Crippen molar-refractivity contribution in [1.82, 2.24) is 0 Å². The molecule has 2 unspecified atom stereocenters. The van der Waals surface area contributed by atoms with Gasteiger partial charge in [-0.3, -0.25) is 0 Å². The Hall–Kier alpha value is -1.23. The lowest BCUT2D eigenvalue weighted by Gasteiger charge is -2.18. The van der Waals surface area contributed by atoms with E-state index in [1.54, 1.807) is 6.07 Å². The van der Waals surface area contributed by atoms with Gasteiger partial charge in [-0.1, -0.05) is 6.07 Å². The minimum absolute atomic E-state index is 0.140. The van der Waals surface area contributed by atoms with E-state index in [9.17, 15) is 18.3 Å². The molecule has 2 rings (SSSR count). The molecule has 1 saturated carbocycles. The third-order valence-electron chi connectivity index (χ3n) is 3.02. The molecule has 2 N–H and O–H groups in total. The van der Waals surface area contributed by atoms with Gasteiger partial charge in [-0.2, -0.15) is 13.2 Å². The Bertz CT molecular complexity index is 392. The summed E-state index contributed by atoms with van der Waals surface area (Å²) < 4.78 is 37.4. The van der Waals surface area contributed by atoms with Crippen LogP contribution in [0.25, 0.3) is 0 Å². The van der Waals surface area contributed by atoms with Crippen molar-refractivity contribution in [2.45, 2.75) is 37.6 Å². The lowest BCUT2D eigenvalue weighted by Crippen LogP contribution is -2.27. The van der Waals surface area contributed by atoms with Crippen molar-refractivity contribution in [2.24, 2.45) is 0 Å². The van der Waals surface area contributed by atoms with E-state index < -0.39 is 17.8 Å². The molecule has 0 aliphatic heterocycles. The zero-order chi connectivity index (χ0) is 12.5. The normalized spacial score (nSPS) is 24.9. The summed E-state index contributed by atoms with van der Waals surface area (Å²) in [5.74, 6) is 0. The van der Waals surface area contributed by atoms with Gasteiger partial charge in [0.05, 0.1) is 17.7 Å². The number of nitrogens with one attached hydrogen (secondary N) is 1. The fraction of sp³-hybridized carbons (Fsp3) is 0.500. The minimum Gasteiger partial charge on any atom is -0.391 e. The van der Waals surface area contributed by atoms with Gasteiger partial charge in [0.25, 0.3) is 0 Å². The van der Waals surface area contributed by atoms with Crippen molar-refractivity contribution in [3.8, 4) is 0 Å². The minimum atomic E-state index is -4.33. The molecule has 94 valence electrons. The maximum Gasteiger partial charge on any atom is 0.416 e. The van der Waals surface area contributed by atoms with Gasteiger partial charge in [0, 0.05) is 5.69 Å². The summed E-state index contributed by atoms with van der Waals surface area (Å²) >= 11 is 0. The fourth-order valence-corrected chi connectivity index (χ4v) is 2.11. The second-order valence-corrected chi connectivity index (χ2v) is 4.33. The number of rotatable bonds is 2. The highest BCUT2D eigenvalue weighted by Gasteiger charge is 2.31. The first kappa shape index (κ1) is 12.2. The van der Waals surface area contributed by atoms with E-state index in [-0.39, 0.29) is 6.04 Å². The Kier molecular flexibility index (Phi) is 3.28. The van der Waals surface area contributed by atoms with Gasteiger partial charge in [-0.25, -0.2) is 0 Å². The second-order valence-electron chi connectivity index (χ2n) is 4.33. The van der Waals surface area contributed by atoms with Crippen molar-refractivity contribution in [3.05, 3.63) is 29.8 Å². The monoisotopic (exact) mass is 245 g/mol. The standard InChI is InChI=1S/C12H14F3NO/c13-12(14,15)8-3-1-4-9(7-8)16-10-5-2-6-11(10)17/h1,3-4,7,10-11,16-17H,2,5-6H2. The summed E-state index contributed by atoms with van der Waals surface area (Å²) in [6.07, 6.45) is -2.40. The molecule has 0 radical (unpaired) electrons. The van der Waals surface area contributed by atoms with Crippen LogP contribution in [0, 0.1) is 0 Å². The summed E-state index contributed by atoms with van der Waals surface area (Å²) in [5.41, 5.74) is -0.263. The van der Waals surface area contributed by atoms with Crippen LogP contribution >= 0.6 is 0 Å². The van der Waals surface area contributed by atoms with Gasteiger partial charge in [0.2, 0.25) is 0 Å². The van der Waals surface area contributed by atoms with E-state index in [0.717, 1.165) is 25.0 Å². The lowest BCUT2D eigenvalue weighted by molar-refractivity contribution is -0.137. The molecule has 2 nitrogen and oxygen atoms in total. The van der Waals surface area contributed by atoms with Crippen molar-refractivity contribution in [2.75, 3.05) is 5.32 Å². The molecule has 17 heavy (non-hydrogen) atoms. The van der Waals surface area contributed by atoms with E-state index in [1.807, 2.05) is 0 Å². The van der Waals surface area contributed by atoms with Gasteiger partial charge in [-0.05, 0) is 37.5 Å². The molecule has 0 amide bonds. The van der Waals surface area contributed by atoms with Crippen molar-refractivity contribution >= 4 is 5.69 Å². The average molecular weight is 245 g/mol. The highest BCUT2D eigenvalue weighted by molar-refractivity contribution is 5.47. The van der Waals surface area contributed by atoms with Gasteiger partial charge in [0.1, 0.15) is 0 Å². The molecule has 5 heteroatoms. The molecule has 0 bridgehead atoms. The SMILES string of the molecule is OC1CCCC1Nc1cccc(C(F)(F)F)c1. The van der Waals surface area contributed by atoms with Crippen molar-refractivity contribution in [3.63, 3.8) is 0 Å². The first-order chi connectivity index (χ1) is 7.97. The molecule has 1 aliphatic rings. The Balaban J connectivity index is 2.11. The number of anilines is 1. The third kappa shape index (κ3) is 2.91. The number of alkyl halides is 3. The molecule has 1 aromatic rings. The molecule has 0 spiro atoms. The van der Waals surface area contributed by atoms with E-state index in [2.05, 4.69) is 5.32 Å². The molecule has 1 aromatic carbocycles. The molecule has 0 aromatic heterocycles. The number of aliphatic hydroxyl groups excluding tert-OH is 1. The van der Waals surface area contributed by atoms with Gasteiger partial charge < -0.3 is 10.4 Å². The largest absolute Gasteiger partial charge is 0.416 e. The topological polar surface area (TPSA) is 32.3 Å². The first-order valence-electron chi connectivity index (χ1n) is 5.59. The molecular formula is C12H14F3NO. The second kappa shape index (κ2) is 4.56. The highest BCUT2D eigenvalue weighted by Crippen LogP contribution is 2.31. The number of halogens is 3. The van der Waals surface area contributed by atoms with Gasteiger partial charge in [-0.15, -0.1) is 0 Å². The number of hydrogen-bond donors (Lipinski definition) is 2. The van der Waals surface area contributed by atoms with Crippen LogP contribution in [0.2, 0.25) is 0 Å². The highest BCUT2D eigenvalue weighted by atomic mass is 19.4. The molecular weight excluding hydrogens is 231 g/mol. The zero-order valence-corrected chi connectivity index (χ0v) is 9.17. The van der Waals surface area contributed by atoms with Crippen molar-refractivity contribution < 1.29 is 18.3 Å². The number of hydrogen-bond acceptors (Lipinski definition) is 2. The average Bonchev–Trinajstić information content (AvgIpc) is 2.64. The van der Waals surface area contributed by atoms with E-state index in [1.165, 1.54) is 6.07 Å². The summed E-state index contributed by atoms with van der Waals surface area (Å²) in [6.45, 7) is 0. The molecule has 1 aliphatic carbocycles. The Morgan fingerprint density at radius 2 is 2.00 bits per heavy atom. The van der Waals surface area contributed by atoms with E-state index in [0.29, 0.717) is 12.1 Å². The molecule has 2 atom stereocenters. The first-order valence-corrected chi connectivity index (χ1v) is 5.59. The van der Waals surface area contributed by atoms with Crippen LogP contribution in [0.15, 0.2) is 24.3 Å². The van der Waals surface area contributed by atoms with Crippen LogP contribution in [0.4, 0.5) is 18.9 Å². The van der Waals surface area contributed by atoms with Crippen LogP contribution in [0.3, 0.4) is 0 Å². The zero-order valence-electron chi connectivity index (χ0n) is 9.17. The maximum absolute atomic E-state index is 12.5. The third-order valence-corrected chi connectivity index (χ3v) is 3.02. The van der Waals surface area contributed by atoms with Crippen LogP contribution in [-0.4, -0.2) is 17.3 Å². The number of aliphatic hydroxyl groups is 1.